The summed E-state index contributed by atoms with van der Waals surface area (Å²) < 4.78 is 5.18. The Labute approximate surface area is 150 Å². The van der Waals surface area contributed by atoms with Crippen LogP contribution in [0.25, 0.3) is 0 Å². The molecule has 6 heteroatoms. The predicted octanol–water partition coefficient (Wildman–Crippen LogP) is 2.80. The maximum Gasteiger partial charge on any atom is 0.407 e. The van der Waals surface area contributed by atoms with Crippen LogP contribution in [0.4, 0.5) is 4.79 Å². The Morgan fingerprint density at radius 1 is 1.08 bits per heavy atom. The van der Waals surface area contributed by atoms with E-state index in [1.165, 1.54) is 6.42 Å². The van der Waals surface area contributed by atoms with Crippen molar-refractivity contribution in [3.63, 3.8) is 0 Å². The third-order valence-corrected chi connectivity index (χ3v) is 5.00. The Hall–Kier alpha value is -1.59. The van der Waals surface area contributed by atoms with Crippen molar-refractivity contribution in [2.75, 3.05) is 6.61 Å². The molecule has 2 N–H and O–H groups in total. The Bertz CT molecular complexity index is 456. The van der Waals surface area contributed by atoms with E-state index in [2.05, 4.69) is 10.6 Å². The summed E-state index contributed by atoms with van der Waals surface area (Å²) in [4.78, 5) is 36.1. The minimum absolute atomic E-state index is 0.105. The van der Waals surface area contributed by atoms with Crippen LogP contribution in [0, 0.1) is 17.8 Å². The minimum Gasteiger partial charge on any atom is -0.449 e. The number of carbonyl (C=O) groups excluding carboxylic acids is 3. The van der Waals surface area contributed by atoms with Crippen LogP contribution in [0.5, 0.6) is 0 Å². The van der Waals surface area contributed by atoms with Crippen LogP contribution in [0.2, 0.25) is 0 Å². The van der Waals surface area contributed by atoms with E-state index in [1.807, 2.05) is 13.8 Å². The van der Waals surface area contributed by atoms with Gasteiger partial charge in [-0.2, -0.15) is 0 Å². The first-order valence-electron chi connectivity index (χ1n) is 9.68. The zero-order valence-electron chi connectivity index (χ0n) is 15.5. The molecule has 0 saturated heterocycles. The molecule has 0 spiro atoms. The van der Waals surface area contributed by atoms with Crippen molar-refractivity contribution in [2.24, 2.45) is 17.8 Å². The van der Waals surface area contributed by atoms with Crippen LogP contribution >= 0.6 is 0 Å². The van der Waals surface area contributed by atoms with Gasteiger partial charge in [-0.15, -0.1) is 0 Å². The molecule has 2 rings (SSSR count). The Balaban J connectivity index is 1.94. The molecule has 25 heavy (non-hydrogen) atoms. The van der Waals surface area contributed by atoms with E-state index in [9.17, 15) is 14.4 Å². The van der Waals surface area contributed by atoms with Gasteiger partial charge in [-0.25, -0.2) is 4.79 Å². The molecule has 2 fully saturated rings. The van der Waals surface area contributed by atoms with Crippen LogP contribution in [0.3, 0.4) is 0 Å². The molecule has 0 unspecified atom stereocenters. The largest absolute Gasteiger partial charge is 0.449 e. The molecule has 0 aromatic rings. The van der Waals surface area contributed by atoms with Crippen LogP contribution in [0.1, 0.15) is 65.2 Å². The summed E-state index contributed by atoms with van der Waals surface area (Å²) in [5.41, 5.74) is 0. The first kappa shape index (κ1) is 19.7. The van der Waals surface area contributed by atoms with Crippen molar-refractivity contribution >= 4 is 18.3 Å². The summed E-state index contributed by atoms with van der Waals surface area (Å²) in [5.74, 6) is 0.637. The lowest BCUT2D eigenvalue weighted by atomic mass is 9.83. The number of hydrogen-bond donors (Lipinski definition) is 2. The quantitative estimate of drug-likeness (QED) is 0.625. The van der Waals surface area contributed by atoms with E-state index in [4.69, 9.17) is 4.74 Å². The fourth-order valence-electron chi connectivity index (χ4n) is 3.41. The van der Waals surface area contributed by atoms with Gasteiger partial charge in [0.15, 0.2) is 0 Å². The summed E-state index contributed by atoms with van der Waals surface area (Å²) in [5, 5.41) is 5.58. The number of amides is 2. The van der Waals surface area contributed by atoms with Gasteiger partial charge in [0.05, 0.1) is 12.6 Å². The van der Waals surface area contributed by atoms with Crippen molar-refractivity contribution in [2.45, 2.75) is 77.3 Å². The van der Waals surface area contributed by atoms with Crippen LogP contribution in [-0.4, -0.2) is 37.0 Å². The average molecular weight is 352 g/mol. The van der Waals surface area contributed by atoms with Crippen LogP contribution in [0.15, 0.2) is 0 Å². The van der Waals surface area contributed by atoms with E-state index in [0.717, 1.165) is 44.8 Å². The number of aldehydes is 1. The molecule has 2 aliphatic carbocycles. The number of ether oxygens (including phenoxy) is 1. The van der Waals surface area contributed by atoms with Crippen molar-refractivity contribution < 1.29 is 19.1 Å². The van der Waals surface area contributed by atoms with Gasteiger partial charge in [-0.3, -0.25) is 4.79 Å². The zero-order chi connectivity index (χ0) is 18.2. The van der Waals surface area contributed by atoms with Crippen molar-refractivity contribution in [1.82, 2.24) is 10.6 Å². The first-order chi connectivity index (χ1) is 12.0. The monoisotopic (exact) mass is 352 g/mol. The molecule has 142 valence electrons. The summed E-state index contributed by atoms with van der Waals surface area (Å²) >= 11 is 0. The zero-order valence-corrected chi connectivity index (χ0v) is 15.5. The van der Waals surface area contributed by atoms with Gasteiger partial charge in [0.2, 0.25) is 5.91 Å². The average Bonchev–Trinajstić information content (AvgIpc) is 3.41. The van der Waals surface area contributed by atoms with Gasteiger partial charge in [-0.05, 0) is 37.0 Å². The number of rotatable bonds is 9. The first-order valence-corrected chi connectivity index (χ1v) is 9.68. The Morgan fingerprint density at radius 3 is 2.32 bits per heavy atom. The molecule has 2 amide bonds. The van der Waals surface area contributed by atoms with Crippen LogP contribution < -0.4 is 10.6 Å². The summed E-state index contributed by atoms with van der Waals surface area (Å²) in [6.07, 6.45) is 8.35. The topological polar surface area (TPSA) is 84.5 Å². The van der Waals surface area contributed by atoms with Gasteiger partial charge >= 0.3 is 6.09 Å². The van der Waals surface area contributed by atoms with Crippen molar-refractivity contribution in [3.8, 4) is 0 Å². The fraction of sp³-hybridized carbons (Fsp3) is 0.842. The standard InChI is InChI=1S/C19H32N2O4/c1-13(2)12-25-19(24)21-17(15-6-4-3-5-7-15)18(23)20-16(11-22)10-14-8-9-14/h11,13-17H,3-10,12H2,1-2H3,(H,20,23)(H,21,24)/t16-,17-/m0/s1. The van der Waals surface area contributed by atoms with E-state index >= 15 is 0 Å². The number of hydrogen-bond acceptors (Lipinski definition) is 4. The highest BCUT2D eigenvalue weighted by Gasteiger charge is 2.33. The highest BCUT2D eigenvalue weighted by molar-refractivity contribution is 5.87. The van der Waals surface area contributed by atoms with Gasteiger partial charge in [0.1, 0.15) is 12.3 Å². The number of carbonyl (C=O) groups is 3. The van der Waals surface area contributed by atoms with Gasteiger partial charge in [0.25, 0.3) is 0 Å². The Morgan fingerprint density at radius 2 is 1.76 bits per heavy atom. The number of nitrogens with one attached hydrogen (secondary N) is 2. The van der Waals surface area contributed by atoms with Gasteiger partial charge in [-0.1, -0.05) is 46.0 Å². The van der Waals surface area contributed by atoms with E-state index in [0.29, 0.717) is 18.9 Å². The molecule has 0 aromatic heterocycles. The molecule has 0 radical (unpaired) electrons. The molecule has 0 bridgehead atoms. The lowest BCUT2D eigenvalue weighted by Gasteiger charge is -2.30. The fourth-order valence-corrected chi connectivity index (χ4v) is 3.41. The lowest BCUT2D eigenvalue weighted by Crippen LogP contribution is -2.54. The molecule has 2 saturated carbocycles. The molecule has 0 heterocycles. The van der Waals surface area contributed by atoms with Crippen LogP contribution in [-0.2, 0) is 14.3 Å². The molecular weight excluding hydrogens is 320 g/mol. The summed E-state index contributed by atoms with van der Waals surface area (Å²) in [7, 11) is 0. The normalized spacial score (nSPS) is 20.6. The maximum absolute atomic E-state index is 12.7. The number of alkyl carbamates (subject to hydrolysis) is 1. The maximum atomic E-state index is 12.7. The van der Waals surface area contributed by atoms with E-state index in [-0.39, 0.29) is 17.7 Å². The SMILES string of the molecule is CC(C)COC(=O)N[C@H](C(=O)N[C@H](C=O)CC1CC1)C1CCCCC1. The molecule has 6 nitrogen and oxygen atoms in total. The van der Waals surface area contributed by atoms with E-state index in [1.54, 1.807) is 0 Å². The van der Waals surface area contributed by atoms with Gasteiger partial charge in [0, 0.05) is 0 Å². The van der Waals surface area contributed by atoms with Crippen molar-refractivity contribution in [1.29, 1.82) is 0 Å². The summed E-state index contributed by atoms with van der Waals surface area (Å²) in [6, 6.07) is -1.08. The predicted molar refractivity (Wildman–Crippen MR) is 95.0 cm³/mol. The molecule has 0 aromatic carbocycles. The molecule has 0 aliphatic heterocycles. The highest BCUT2D eigenvalue weighted by atomic mass is 16.5. The Kier molecular flexibility index (Phi) is 7.72. The second kappa shape index (κ2) is 9.78. The molecule has 2 atom stereocenters. The van der Waals surface area contributed by atoms with Gasteiger partial charge < -0.3 is 20.2 Å². The third kappa shape index (κ3) is 7.04. The smallest absolute Gasteiger partial charge is 0.407 e. The van der Waals surface area contributed by atoms with E-state index < -0.39 is 18.2 Å². The molecular formula is C19H32N2O4. The second-order valence-corrected chi connectivity index (χ2v) is 7.94. The summed E-state index contributed by atoms with van der Waals surface area (Å²) in [6.45, 7) is 4.25. The third-order valence-electron chi connectivity index (χ3n) is 5.00. The van der Waals surface area contributed by atoms with Crippen molar-refractivity contribution in [3.05, 3.63) is 0 Å². The minimum atomic E-state index is -0.624. The molecule has 2 aliphatic rings. The lowest BCUT2D eigenvalue weighted by molar-refractivity contribution is -0.127. The second-order valence-electron chi connectivity index (χ2n) is 7.94. The highest BCUT2D eigenvalue weighted by Crippen LogP contribution is 2.33.